The van der Waals surface area contributed by atoms with E-state index in [4.69, 9.17) is 0 Å². The molecule has 3 atom stereocenters. The molecule has 2 aromatic rings. The molecule has 0 amide bonds. The zero-order chi connectivity index (χ0) is 17.5. The second kappa shape index (κ2) is 5.83. The van der Waals surface area contributed by atoms with Gasteiger partial charge in [0.25, 0.3) is 0 Å². The molecule has 0 aromatic heterocycles. The van der Waals surface area contributed by atoms with E-state index in [1.807, 2.05) is 51.1 Å². The van der Waals surface area contributed by atoms with Crippen LogP contribution in [0.3, 0.4) is 0 Å². The third-order valence-electron chi connectivity index (χ3n) is 4.23. The van der Waals surface area contributed by atoms with E-state index < -0.39 is 27.5 Å². The highest BCUT2D eigenvalue weighted by Crippen LogP contribution is 2.50. The van der Waals surface area contributed by atoms with Gasteiger partial charge in [0, 0.05) is 5.41 Å². The van der Waals surface area contributed by atoms with Crippen LogP contribution in [0.15, 0.2) is 65.6 Å². The van der Waals surface area contributed by atoms with E-state index in [0.29, 0.717) is 0 Å². The van der Waals surface area contributed by atoms with Crippen molar-refractivity contribution < 1.29 is 13.2 Å². The molecule has 0 aliphatic carbocycles. The minimum Gasteiger partial charge on any atom is -0.297 e. The lowest BCUT2D eigenvalue weighted by Gasteiger charge is -2.16. The van der Waals surface area contributed by atoms with Crippen molar-refractivity contribution >= 4 is 15.8 Å². The van der Waals surface area contributed by atoms with Gasteiger partial charge < -0.3 is 0 Å². The molecule has 2 aromatic carbocycles. The summed E-state index contributed by atoms with van der Waals surface area (Å²) >= 11 is 0. The van der Waals surface area contributed by atoms with Gasteiger partial charge >= 0.3 is 0 Å². The molecule has 0 bridgehead atoms. The smallest absolute Gasteiger partial charge is 0.244 e. The maximum Gasteiger partial charge on any atom is 0.244 e. The minimum atomic E-state index is -3.71. The van der Waals surface area contributed by atoms with Crippen molar-refractivity contribution in [3.05, 3.63) is 66.2 Å². The molecule has 0 N–H and O–H groups in total. The van der Waals surface area contributed by atoms with Crippen LogP contribution in [0.5, 0.6) is 0 Å². The van der Waals surface area contributed by atoms with Crippen LogP contribution in [-0.4, -0.2) is 24.5 Å². The van der Waals surface area contributed by atoms with Crippen LogP contribution >= 0.6 is 0 Å². The molecular formula is C19H21NO3S. The van der Waals surface area contributed by atoms with Crippen LogP contribution in [0, 0.1) is 5.41 Å². The molecule has 4 nitrogen and oxygen atoms in total. The van der Waals surface area contributed by atoms with Crippen molar-refractivity contribution in [1.29, 1.82) is 0 Å². The van der Waals surface area contributed by atoms with E-state index >= 15 is 0 Å². The first-order chi connectivity index (χ1) is 11.2. The zero-order valence-electron chi connectivity index (χ0n) is 14.0. The number of carbonyl (C=O) groups excluding carboxylic acids is 1. The maximum absolute atomic E-state index is 13.0. The van der Waals surface area contributed by atoms with Crippen molar-refractivity contribution in [1.82, 2.24) is 4.31 Å². The van der Waals surface area contributed by atoms with Crippen molar-refractivity contribution in [2.75, 3.05) is 0 Å². The summed E-state index contributed by atoms with van der Waals surface area (Å²) in [6.45, 7) is 5.47. The summed E-state index contributed by atoms with van der Waals surface area (Å²) in [6, 6.07) is 16.5. The molecule has 1 heterocycles. The largest absolute Gasteiger partial charge is 0.297 e. The Hall–Kier alpha value is -1.98. The normalized spacial score (nSPS) is 23.7. The Morgan fingerprint density at radius 2 is 1.42 bits per heavy atom. The fourth-order valence-corrected chi connectivity index (χ4v) is 4.64. The van der Waals surface area contributed by atoms with Crippen LogP contribution in [-0.2, 0) is 14.8 Å². The molecule has 1 unspecified atom stereocenters. The number of carbonyl (C=O) groups is 1. The highest BCUT2D eigenvalue weighted by Gasteiger charge is 2.61. The summed E-state index contributed by atoms with van der Waals surface area (Å²) in [5, 5.41) is 0. The highest BCUT2D eigenvalue weighted by atomic mass is 32.2. The number of ketones is 1. The van der Waals surface area contributed by atoms with Gasteiger partial charge in [-0.25, -0.2) is 8.42 Å². The summed E-state index contributed by atoms with van der Waals surface area (Å²) < 4.78 is 27.3. The van der Waals surface area contributed by atoms with Crippen molar-refractivity contribution in [2.24, 2.45) is 5.41 Å². The van der Waals surface area contributed by atoms with Gasteiger partial charge in [-0.3, -0.25) is 4.79 Å². The standard InChI is InChI=1S/C19H21NO3S/c1-19(2,3)18(21)17-16(14-10-6-4-7-11-14)20(17)24(22,23)15-12-8-5-9-13-15/h4-13,16-17H,1-3H3/t16-,17-,20?/m1/s1. The van der Waals surface area contributed by atoms with Gasteiger partial charge in [-0.2, -0.15) is 4.31 Å². The average Bonchev–Trinajstić information content (AvgIpc) is 3.31. The van der Waals surface area contributed by atoms with Crippen molar-refractivity contribution in [2.45, 2.75) is 37.8 Å². The first-order valence-corrected chi connectivity index (χ1v) is 9.36. The molecule has 126 valence electrons. The molecule has 0 saturated carbocycles. The lowest BCUT2D eigenvalue weighted by molar-refractivity contribution is -0.126. The summed E-state index contributed by atoms with van der Waals surface area (Å²) in [6.07, 6.45) is 0. The van der Waals surface area contributed by atoms with Gasteiger partial charge in [0.2, 0.25) is 10.0 Å². The molecule has 0 radical (unpaired) electrons. The summed E-state index contributed by atoms with van der Waals surface area (Å²) in [5.41, 5.74) is 0.248. The van der Waals surface area contributed by atoms with E-state index in [-0.39, 0.29) is 10.7 Å². The van der Waals surface area contributed by atoms with E-state index in [1.54, 1.807) is 30.3 Å². The number of Topliss-reactive ketones (excluding diaryl/α,β-unsaturated/α-hetero) is 1. The molecule has 1 saturated heterocycles. The van der Waals surface area contributed by atoms with Crippen LogP contribution < -0.4 is 0 Å². The fraction of sp³-hybridized carbons (Fsp3) is 0.316. The number of hydrogen-bond donors (Lipinski definition) is 0. The molecule has 3 rings (SSSR count). The number of nitrogens with zero attached hydrogens (tertiary/aromatic N) is 1. The van der Waals surface area contributed by atoms with Gasteiger partial charge in [-0.15, -0.1) is 0 Å². The Morgan fingerprint density at radius 3 is 1.92 bits per heavy atom. The number of hydrogen-bond acceptors (Lipinski definition) is 3. The summed E-state index contributed by atoms with van der Waals surface area (Å²) in [5.74, 6) is -0.0594. The van der Waals surface area contributed by atoms with E-state index in [1.165, 1.54) is 4.31 Å². The van der Waals surface area contributed by atoms with Gasteiger partial charge in [-0.05, 0) is 17.7 Å². The predicted octanol–water partition coefficient (Wildman–Crippen LogP) is 3.42. The third-order valence-corrected chi connectivity index (χ3v) is 6.10. The highest BCUT2D eigenvalue weighted by molar-refractivity contribution is 7.89. The monoisotopic (exact) mass is 343 g/mol. The van der Waals surface area contributed by atoms with E-state index in [0.717, 1.165) is 5.56 Å². The van der Waals surface area contributed by atoms with Gasteiger partial charge in [0.1, 0.15) is 6.04 Å². The van der Waals surface area contributed by atoms with Crippen molar-refractivity contribution in [3.8, 4) is 0 Å². The van der Waals surface area contributed by atoms with Crippen LogP contribution in [0.25, 0.3) is 0 Å². The molecule has 1 fully saturated rings. The summed E-state index contributed by atoms with van der Waals surface area (Å²) in [4.78, 5) is 13.0. The zero-order valence-corrected chi connectivity index (χ0v) is 14.8. The maximum atomic E-state index is 13.0. The van der Waals surface area contributed by atoms with Crippen LogP contribution in [0.2, 0.25) is 0 Å². The number of rotatable bonds is 4. The molecule has 24 heavy (non-hydrogen) atoms. The quantitative estimate of drug-likeness (QED) is 0.799. The van der Waals surface area contributed by atoms with Gasteiger partial charge in [-0.1, -0.05) is 69.3 Å². The second-order valence-corrected chi connectivity index (χ2v) is 8.91. The SMILES string of the molecule is CC(C)(C)C(=O)[C@H]1[C@@H](c2ccccc2)N1S(=O)(=O)c1ccccc1. The Kier molecular flexibility index (Phi) is 4.10. The number of sulfonamides is 1. The second-order valence-electron chi connectivity index (χ2n) is 7.06. The lowest BCUT2D eigenvalue weighted by Crippen LogP contribution is -2.29. The third kappa shape index (κ3) is 2.89. The fourth-order valence-electron chi connectivity index (χ4n) is 2.91. The molecule has 5 heteroatoms. The molecule has 1 aliphatic heterocycles. The first-order valence-electron chi connectivity index (χ1n) is 7.92. The van der Waals surface area contributed by atoms with Crippen LogP contribution in [0.4, 0.5) is 0 Å². The van der Waals surface area contributed by atoms with Crippen LogP contribution in [0.1, 0.15) is 32.4 Å². The van der Waals surface area contributed by atoms with E-state index in [9.17, 15) is 13.2 Å². The van der Waals surface area contributed by atoms with E-state index in [2.05, 4.69) is 0 Å². The Balaban J connectivity index is 2.03. The lowest BCUT2D eigenvalue weighted by atomic mass is 9.87. The van der Waals surface area contributed by atoms with Gasteiger partial charge in [0.15, 0.2) is 5.78 Å². The Labute approximate surface area is 143 Å². The molecule has 0 spiro atoms. The van der Waals surface area contributed by atoms with Crippen molar-refractivity contribution in [3.63, 3.8) is 0 Å². The molecule has 1 aliphatic rings. The Bertz CT molecular complexity index is 839. The van der Waals surface area contributed by atoms with Gasteiger partial charge in [0.05, 0.1) is 10.9 Å². The summed E-state index contributed by atoms with van der Waals surface area (Å²) in [7, 11) is -3.71. The average molecular weight is 343 g/mol. The topological polar surface area (TPSA) is 54.2 Å². The Morgan fingerprint density at radius 1 is 0.917 bits per heavy atom. The minimum absolute atomic E-state index is 0.0594. The molecular weight excluding hydrogens is 322 g/mol. The predicted molar refractivity (Wildman–Crippen MR) is 92.9 cm³/mol. The number of benzene rings is 2. The first kappa shape index (κ1) is 16.9.